The summed E-state index contributed by atoms with van der Waals surface area (Å²) in [6, 6.07) is 17.0. The summed E-state index contributed by atoms with van der Waals surface area (Å²) in [5.41, 5.74) is 2.58. The molecule has 2 aromatic carbocycles. The van der Waals surface area contributed by atoms with Crippen molar-refractivity contribution in [2.45, 2.75) is 55.6 Å². The summed E-state index contributed by atoms with van der Waals surface area (Å²) in [5, 5.41) is 0. The molecule has 0 bridgehead atoms. The van der Waals surface area contributed by atoms with Crippen LogP contribution in [0.25, 0.3) is 0 Å². The minimum Gasteiger partial charge on any atom is -0.493 e. The van der Waals surface area contributed by atoms with Gasteiger partial charge < -0.3 is 28.6 Å². The summed E-state index contributed by atoms with van der Waals surface area (Å²) in [5.74, 6) is 1.06. The number of hydrogen-bond donors (Lipinski definition) is 0. The third-order valence-corrected chi connectivity index (χ3v) is 7.82. The lowest BCUT2D eigenvalue weighted by atomic mass is 9.64. The number of benzene rings is 2. The lowest BCUT2D eigenvalue weighted by Crippen LogP contribution is -2.53. The SMILES string of the molecule is COc1ccc([C@]23CCN(C)[C@H]2CC2(CC3)OCC(COCc3ccccc3)O2)cc1OC. The van der Waals surface area contributed by atoms with Gasteiger partial charge in [-0.05, 0) is 49.7 Å². The molecule has 0 N–H and O–H groups in total. The van der Waals surface area contributed by atoms with Gasteiger partial charge in [0.1, 0.15) is 6.10 Å². The van der Waals surface area contributed by atoms with Gasteiger partial charge in [-0.1, -0.05) is 36.4 Å². The highest BCUT2D eigenvalue weighted by atomic mass is 16.8. The lowest BCUT2D eigenvalue weighted by molar-refractivity contribution is -0.207. The smallest absolute Gasteiger partial charge is 0.170 e. The summed E-state index contributed by atoms with van der Waals surface area (Å²) in [4.78, 5) is 2.48. The highest BCUT2D eigenvalue weighted by molar-refractivity contribution is 5.46. The van der Waals surface area contributed by atoms with Crippen molar-refractivity contribution in [3.05, 3.63) is 59.7 Å². The summed E-state index contributed by atoms with van der Waals surface area (Å²) < 4.78 is 29.9. The molecule has 2 unspecified atom stereocenters. The number of rotatable bonds is 7. The Balaban J connectivity index is 1.27. The Hall–Kier alpha value is -2.12. The zero-order chi connectivity index (χ0) is 22.9. The van der Waals surface area contributed by atoms with Crippen LogP contribution in [-0.4, -0.2) is 63.9 Å². The fourth-order valence-electron chi connectivity index (χ4n) is 6.02. The molecule has 0 radical (unpaired) electrons. The van der Waals surface area contributed by atoms with Gasteiger partial charge in [-0.3, -0.25) is 0 Å². The molecule has 3 fully saturated rings. The molecule has 2 saturated heterocycles. The van der Waals surface area contributed by atoms with Gasteiger partial charge in [0.2, 0.25) is 0 Å². The van der Waals surface area contributed by atoms with Crippen LogP contribution in [0.3, 0.4) is 0 Å². The summed E-state index contributed by atoms with van der Waals surface area (Å²) in [6.45, 7) is 2.81. The molecule has 33 heavy (non-hydrogen) atoms. The zero-order valence-electron chi connectivity index (χ0n) is 19.9. The van der Waals surface area contributed by atoms with Crippen molar-refractivity contribution in [2.24, 2.45) is 0 Å². The van der Waals surface area contributed by atoms with Crippen molar-refractivity contribution in [2.75, 3.05) is 41.0 Å². The van der Waals surface area contributed by atoms with Crippen molar-refractivity contribution < 1.29 is 23.7 Å². The van der Waals surface area contributed by atoms with Gasteiger partial charge in [0.25, 0.3) is 0 Å². The number of ether oxygens (including phenoxy) is 5. The van der Waals surface area contributed by atoms with Crippen LogP contribution >= 0.6 is 0 Å². The maximum absolute atomic E-state index is 6.53. The Bertz CT molecular complexity index is 953. The number of likely N-dealkylation sites (N-methyl/N-ethyl adjacent to an activating group) is 1. The predicted molar refractivity (Wildman–Crippen MR) is 126 cm³/mol. The molecule has 0 aromatic heterocycles. The summed E-state index contributed by atoms with van der Waals surface area (Å²) in [7, 11) is 5.61. The molecular formula is C27H35NO5. The first kappa shape index (κ1) is 22.7. The minimum atomic E-state index is -0.510. The van der Waals surface area contributed by atoms with E-state index < -0.39 is 5.79 Å². The normalized spacial score (nSPS) is 31.6. The maximum atomic E-state index is 6.53. The zero-order valence-corrected chi connectivity index (χ0v) is 19.9. The van der Waals surface area contributed by atoms with E-state index in [0.717, 1.165) is 43.7 Å². The fourth-order valence-corrected chi connectivity index (χ4v) is 6.02. The van der Waals surface area contributed by atoms with Crippen molar-refractivity contribution in [3.8, 4) is 11.5 Å². The Morgan fingerprint density at radius 1 is 1.00 bits per heavy atom. The Labute approximate surface area is 196 Å². The molecule has 5 rings (SSSR count). The molecule has 1 spiro atoms. The van der Waals surface area contributed by atoms with Crippen LogP contribution in [0.2, 0.25) is 0 Å². The molecule has 2 heterocycles. The summed E-state index contributed by atoms with van der Waals surface area (Å²) >= 11 is 0. The van der Waals surface area contributed by atoms with E-state index in [1.54, 1.807) is 14.2 Å². The van der Waals surface area contributed by atoms with Crippen molar-refractivity contribution in [1.29, 1.82) is 0 Å². The Morgan fingerprint density at radius 2 is 1.82 bits per heavy atom. The molecular weight excluding hydrogens is 418 g/mol. The average Bonchev–Trinajstić information content (AvgIpc) is 3.41. The molecule has 0 amide bonds. The second-order valence-electron chi connectivity index (χ2n) is 9.64. The van der Waals surface area contributed by atoms with E-state index in [2.05, 4.69) is 36.2 Å². The van der Waals surface area contributed by atoms with Gasteiger partial charge in [-0.2, -0.15) is 0 Å². The minimum absolute atomic E-state index is 0.0194. The Kier molecular flexibility index (Phi) is 6.36. The monoisotopic (exact) mass is 453 g/mol. The van der Waals surface area contributed by atoms with Crippen molar-refractivity contribution in [1.82, 2.24) is 4.90 Å². The molecule has 1 aliphatic carbocycles. The molecule has 2 aliphatic heterocycles. The molecule has 2 aromatic rings. The second kappa shape index (κ2) is 9.26. The molecule has 3 aliphatic rings. The first-order valence-corrected chi connectivity index (χ1v) is 11.9. The van der Waals surface area contributed by atoms with Gasteiger partial charge >= 0.3 is 0 Å². The van der Waals surface area contributed by atoms with Gasteiger partial charge in [-0.15, -0.1) is 0 Å². The van der Waals surface area contributed by atoms with Crippen molar-refractivity contribution >= 4 is 0 Å². The lowest BCUT2D eigenvalue weighted by Gasteiger charge is -2.48. The number of nitrogens with zero attached hydrogens (tertiary/aromatic N) is 1. The van der Waals surface area contributed by atoms with Crippen LogP contribution in [0.1, 0.15) is 36.8 Å². The van der Waals surface area contributed by atoms with E-state index >= 15 is 0 Å². The van der Waals surface area contributed by atoms with E-state index in [1.807, 2.05) is 24.3 Å². The Morgan fingerprint density at radius 3 is 2.61 bits per heavy atom. The first-order chi connectivity index (χ1) is 16.1. The first-order valence-electron chi connectivity index (χ1n) is 11.9. The van der Waals surface area contributed by atoms with Gasteiger partial charge in [-0.25, -0.2) is 0 Å². The van der Waals surface area contributed by atoms with Gasteiger partial charge in [0, 0.05) is 24.3 Å². The topological polar surface area (TPSA) is 49.4 Å². The highest BCUT2D eigenvalue weighted by Gasteiger charge is 2.57. The van der Waals surface area contributed by atoms with Gasteiger partial charge in [0.15, 0.2) is 17.3 Å². The van der Waals surface area contributed by atoms with E-state index in [9.17, 15) is 0 Å². The van der Waals surface area contributed by atoms with Crippen LogP contribution in [0.15, 0.2) is 48.5 Å². The standard InChI is InChI=1S/C27H35NO5/c1-28-14-13-26(21-9-10-23(29-2)24(15-21)30-3)11-12-27(16-25(26)28)32-19-22(33-27)18-31-17-20-7-5-4-6-8-20/h4-10,15,22,25H,11-14,16-19H2,1-3H3/t22?,25-,26-,27?/m0/s1. The van der Waals surface area contributed by atoms with Crippen LogP contribution in [-0.2, 0) is 26.2 Å². The maximum Gasteiger partial charge on any atom is 0.170 e. The molecule has 1 saturated carbocycles. The number of hydrogen-bond acceptors (Lipinski definition) is 6. The number of fused-ring (bicyclic) bond motifs is 1. The van der Waals surface area contributed by atoms with E-state index in [1.165, 1.54) is 11.1 Å². The fraction of sp³-hybridized carbons (Fsp3) is 0.556. The van der Waals surface area contributed by atoms with E-state index in [-0.39, 0.29) is 11.5 Å². The van der Waals surface area contributed by atoms with Crippen LogP contribution in [0, 0.1) is 0 Å². The van der Waals surface area contributed by atoms with Crippen LogP contribution in [0.5, 0.6) is 11.5 Å². The quantitative estimate of drug-likeness (QED) is 0.628. The summed E-state index contributed by atoms with van der Waals surface area (Å²) in [6.07, 6.45) is 3.89. The largest absolute Gasteiger partial charge is 0.493 e. The van der Waals surface area contributed by atoms with Crippen LogP contribution < -0.4 is 9.47 Å². The predicted octanol–water partition coefficient (Wildman–Crippen LogP) is 4.16. The van der Waals surface area contributed by atoms with Crippen molar-refractivity contribution in [3.63, 3.8) is 0 Å². The molecule has 6 nitrogen and oxygen atoms in total. The average molecular weight is 454 g/mol. The molecule has 4 atom stereocenters. The molecule has 6 heteroatoms. The van der Waals surface area contributed by atoms with Gasteiger partial charge in [0.05, 0.1) is 34.0 Å². The third-order valence-electron chi connectivity index (χ3n) is 7.82. The third kappa shape index (κ3) is 4.26. The second-order valence-corrected chi connectivity index (χ2v) is 9.64. The van der Waals surface area contributed by atoms with Crippen LogP contribution in [0.4, 0.5) is 0 Å². The van der Waals surface area contributed by atoms with E-state index in [4.69, 9.17) is 23.7 Å². The number of methoxy groups -OCH3 is 2. The highest BCUT2D eigenvalue weighted by Crippen LogP contribution is 2.54. The van der Waals surface area contributed by atoms with E-state index in [0.29, 0.717) is 25.9 Å². The molecule has 178 valence electrons. The number of likely N-dealkylation sites (tertiary alicyclic amines) is 1.